The topological polar surface area (TPSA) is 112 Å². The lowest BCUT2D eigenvalue weighted by Gasteiger charge is -2.11. The van der Waals surface area contributed by atoms with Gasteiger partial charge in [0.15, 0.2) is 12.0 Å². The Morgan fingerprint density at radius 1 is 1.03 bits per heavy atom. The molecule has 3 aromatic carbocycles. The molecule has 8 nitrogen and oxygen atoms in total. The number of rotatable bonds is 7. The Hall–Kier alpha value is -4.30. The summed E-state index contributed by atoms with van der Waals surface area (Å²) in [5.74, 6) is -1.53. The van der Waals surface area contributed by atoms with E-state index >= 15 is 0 Å². The zero-order valence-corrected chi connectivity index (χ0v) is 19.2. The standard InChI is InChI=1S/C26H19ClO8/c1-2-32-26(31)18-10-16(27)8-9-21(18)35-24(30)14-33-17-11-19(28)25-20(29)13-22(34-23(25)12-17)15-6-4-3-5-7-15/h3-13,28H,2,14H2,1H3. The van der Waals surface area contributed by atoms with E-state index in [0.29, 0.717) is 11.3 Å². The number of aromatic hydroxyl groups is 1. The van der Waals surface area contributed by atoms with E-state index in [0.717, 1.165) is 0 Å². The molecule has 1 aromatic heterocycles. The van der Waals surface area contributed by atoms with E-state index in [1.54, 1.807) is 31.2 Å². The van der Waals surface area contributed by atoms with Crippen molar-refractivity contribution < 1.29 is 33.3 Å². The van der Waals surface area contributed by atoms with Crippen molar-refractivity contribution in [2.45, 2.75) is 6.92 Å². The van der Waals surface area contributed by atoms with E-state index in [9.17, 15) is 19.5 Å². The van der Waals surface area contributed by atoms with Gasteiger partial charge in [-0.05, 0) is 25.1 Å². The molecule has 178 valence electrons. The summed E-state index contributed by atoms with van der Waals surface area (Å²) in [5, 5.41) is 10.6. The summed E-state index contributed by atoms with van der Waals surface area (Å²) in [6, 6.07) is 17.0. The van der Waals surface area contributed by atoms with E-state index in [2.05, 4.69) is 0 Å². The van der Waals surface area contributed by atoms with Gasteiger partial charge in [0.05, 0.1) is 6.61 Å². The van der Waals surface area contributed by atoms with Crippen LogP contribution in [0.3, 0.4) is 0 Å². The summed E-state index contributed by atoms with van der Waals surface area (Å²) in [4.78, 5) is 37.1. The first-order valence-corrected chi connectivity index (χ1v) is 10.9. The quantitative estimate of drug-likeness (QED) is 0.283. The molecule has 0 saturated heterocycles. The second-order valence-electron chi connectivity index (χ2n) is 7.28. The van der Waals surface area contributed by atoms with E-state index in [1.165, 1.54) is 36.4 Å². The highest BCUT2D eigenvalue weighted by molar-refractivity contribution is 6.31. The molecule has 0 radical (unpaired) electrons. The largest absolute Gasteiger partial charge is 0.507 e. The predicted octanol–water partition coefficient (Wildman–Crippen LogP) is 4.98. The number of phenolic OH excluding ortho intramolecular Hbond substituents is 1. The summed E-state index contributed by atoms with van der Waals surface area (Å²) in [7, 11) is 0. The Bertz CT molecular complexity index is 1460. The van der Waals surface area contributed by atoms with Crippen molar-refractivity contribution in [2.24, 2.45) is 0 Å². The van der Waals surface area contributed by atoms with Crippen LogP contribution in [0.25, 0.3) is 22.3 Å². The molecule has 0 aliphatic heterocycles. The molecule has 0 spiro atoms. The van der Waals surface area contributed by atoms with Crippen molar-refractivity contribution in [1.29, 1.82) is 0 Å². The Labute approximate surface area is 204 Å². The van der Waals surface area contributed by atoms with Gasteiger partial charge in [0, 0.05) is 28.8 Å². The van der Waals surface area contributed by atoms with Gasteiger partial charge in [0.1, 0.15) is 39.5 Å². The number of fused-ring (bicyclic) bond motifs is 1. The number of halogens is 1. The fourth-order valence-electron chi connectivity index (χ4n) is 3.33. The third kappa shape index (κ3) is 5.44. The number of hydrogen-bond donors (Lipinski definition) is 1. The number of carbonyl (C=O) groups excluding carboxylic acids is 2. The lowest BCUT2D eigenvalue weighted by Crippen LogP contribution is -2.19. The number of esters is 2. The van der Waals surface area contributed by atoms with Crippen LogP contribution >= 0.6 is 11.6 Å². The summed E-state index contributed by atoms with van der Waals surface area (Å²) in [6.45, 7) is 1.22. The summed E-state index contributed by atoms with van der Waals surface area (Å²) in [5.41, 5.74) is 0.331. The highest BCUT2D eigenvalue weighted by atomic mass is 35.5. The molecule has 0 saturated carbocycles. The fourth-order valence-corrected chi connectivity index (χ4v) is 3.50. The molecule has 1 N–H and O–H groups in total. The van der Waals surface area contributed by atoms with Gasteiger partial charge in [0.25, 0.3) is 0 Å². The molecule has 4 aromatic rings. The van der Waals surface area contributed by atoms with Crippen LogP contribution < -0.4 is 14.9 Å². The van der Waals surface area contributed by atoms with Gasteiger partial charge in [-0.15, -0.1) is 0 Å². The Kier molecular flexibility index (Phi) is 7.03. The molecular weight excluding hydrogens is 476 g/mol. The first kappa shape index (κ1) is 23.8. The first-order chi connectivity index (χ1) is 16.9. The molecule has 0 bridgehead atoms. The Morgan fingerprint density at radius 3 is 2.54 bits per heavy atom. The van der Waals surface area contributed by atoms with Gasteiger partial charge in [-0.3, -0.25) is 4.79 Å². The average molecular weight is 495 g/mol. The number of hydrogen-bond acceptors (Lipinski definition) is 8. The summed E-state index contributed by atoms with van der Waals surface area (Å²) < 4.78 is 21.5. The van der Waals surface area contributed by atoms with Crippen LogP contribution in [-0.2, 0) is 9.53 Å². The maximum absolute atomic E-state index is 12.5. The normalized spacial score (nSPS) is 10.7. The number of phenols is 1. The second kappa shape index (κ2) is 10.3. The van der Waals surface area contributed by atoms with Gasteiger partial charge in [0.2, 0.25) is 0 Å². The van der Waals surface area contributed by atoms with Crippen molar-refractivity contribution in [2.75, 3.05) is 13.2 Å². The van der Waals surface area contributed by atoms with Crippen LogP contribution in [0.5, 0.6) is 17.2 Å². The minimum absolute atomic E-state index is 0.00809. The SMILES string of the molecule is CCOC(=O)c1cc(Cl)ccc1OC(=O)COc1cc(O)c2c(=O)cc(-c3ccccc3)oc2c1. The fraction of sp³-hybridized carbons (Fsp3) is 0.115. The van der Waals surface area contributed by atoms with Gasteiger partial charge in [-0.2, -0.15) is 0 Å². The number of benzene rings is 3. The van der Waals surface area contributed by atoms with E-state index in [4.69, 9.17) is 30.2 Å². The lowest BCUT2D eigenvalue weighted by molar-refractivity contribution is -0.136. The van der Waals surface area contributed by atoms with Gasteiger partial charge < -0.3 is 23.7 Å². The van der Waals surface area contributed by atoms with Crippen LogP contribution in [0.15, 0.2) is 75.9 Å². The molecule has 0 unspecified atom stereocenters. The van der Waals surface area contributed by atoms with Crippen LogP contribution in [0.4, 0.5) is 0 Å². The number of carbonyl (C=O) groups is 2. The van der Waals surface area contributed by atoms with Crippen molar-refractivity contribution >= 4 is 34.5 Å². The lowest BCUT2D eigenvalue weighted by atomic mass is 10.1. The van der Waals surface area contributed by atoms with Gasteiger partial charge >= 0.3 is 11.9 Å². The molecule has 35 heavy (non-hydrogen) atoms. The highest BCUT2D eigenvalue weighted by Crippen LogP contribution is 2.31. The average Bonchev–Trinajstić information content (AvgIpc) is 2.84. The summed E-state index contributed by atoms with van der Waals surface area (Å²) in [6.07, 6.45) is 0. The van der Waals surface area contributed by atoms with Gasteiger partial charge in [-0.25, -0.2) is 9.59 Å². The smallest absolute Gasteiger partial charge is 0.349 e. The minimum atomic E-state index is -0.822. The molecule has 9 heteroatoms. The molecule has 0 atom stereocenters. The summed E-state index contributed by atoms with van der Waals surface area (Å²) >= 11 is 5.93. The molecule has 0 amide bonds. The second-order valence-corrected chi connectivity index (χ2v) is 7.72. The molecule has 0 aliphatic carbocycles. The Balaban J connectivity index is 1.54. The maximum atomic E-state index is 12.5. The third-order valence-electron chi connectivity index (χ3n) is 4.86. The zero-order chi connectivity index (χ0) is 24.9. The molecular formula is C26H19ClO8. The number of ether oxygens (including phenoxy) is 3. The molecule has 1 heterocycles. The zero-order valence-electron chi connectivity index (χ0n) is 18.4. The van der Waals surface area contributed by atoms with E-state index < -0.39 is 24.0 Å². The van der Waals surface area contributed by atoms with Crippen LogP contribution in [0.2, 0.25) is 5.02 Å². The molecule has 0 aliphatic rings. The maximum Gasteiger partial charge on any atom is 0.349 e. The van der Waals surface area contributed by atoms with E-state index in [-0.39, 0.29) is 45.4 Å². The monoisotopic (exact) mass is 494 g/mol. The van der Waals surface area contributed by atoms with Crippen molar-refractivity contribution in [3.8, 4) is 28.6 Å². The van der Waals surface area contributed by atoms with Crippen molar-refractivity contribution in [1.82, 2.24) is 0 Å². The molecule has 0 fully saturated rings. The van der Waals surface area contributed by atoms with E-state index in [1.807, 2.05) is 6.07 Å². The third-order valence-corrected chi connectivity index (χ3v) is 5.09. The Morgan fingerprint density at radius 2 is 1.80 bits per heavy atom. The van der Waals surface area contributed by atoms with Crippen LogP contribution in [0, 0.1) is 0 Å². The van der Waals surface area contributed by atoms with Crippen molar-refractivity contribution in [3.63, 3.8) is 0 Å². The van der Waals surface area contributed by atoms with Crippen LogP contribution in [-0.4, -0.2) is 30.3 Å². The molecule has 4 rings (SSSR count). The van der Waals surface area contributed by atoms with Crippen molar-refractivity contribution in [3.05, 3.63) is 87.5 Å². The highest BCUT2D eigenvalue weighted by Gasteiger charge is 2.18. The minimum Gasteiger partial charge on any atom is -0.507 e. The van der Waals surface area contributed by atoms with Gasteiger partial charge in [-0.1, -0.05) is 41.9 Å². The van der Waals surface area contributed by atoms with Crippen LogP contribution in [0.1, 0.15) is 17.3 Å². The first-order valence-electron chi connectivity index (χ1n) is 10.5. The predicted molar refractivity (Wildman–Crippen MR) is 128 cm³/mol.